The van der Waals surface area contributed by atoms with Crippen molar-refractivity contribution in [2.75, 3.05) is 6.61 Å². The van der Waals surface area contributed by atoms with Crippen LogP contribution in [0.3, 0.4) is 0 Å². The first kappa shape index (κ1) is 9.84. The van der Waals surface area contributed by atoms with Crippen LogP contribution in [0.25, 0.3) is 0 Å². The van der Waals surface area contributed by atoms with E-state index in [1.54, 1.807) is 0 Å². The summed E-state index contributed by atoms with van der Waals surface area (Å²) in [5.74, 6) is -0.163. The highest BCUT2D eigenvalue weighted by Gasteiger charge is 2.07. The van der Waals surface area contributed by atoms with Crippen LogP contribution in [0.5, 0.6) is 0 Å². The summed E-state index contributed by atoms with van der Waals surface area (Å²) in [5.41, 5.74) is 2.15. The van der Waals surface area contributed by atoms with Crippen molar-refractivity contribution >= 4 is 5.97 Å². The first-order valence-corrected chi connectivity index (χ1v) is 4.42. The van der Waals surface area contributed by atoms with E-state index in [0.29, 0.717) is 13.0 Å². The molecule has 3 heteroatoms. The molecule has 0 atom stereocenters. The third kappa shape index (κ3) is 2.34. The molecule has 1 rings (SSSR count). The van der Waals surface area contributed by atoms with Crippen LogP contribution in [0.2, 0.25) is 0 Å². The lowest BCUT2D eigenvalue weighted by Crippen LogP contribution is -2.10. The fourth-order valence-electron chi connectivity index (χ4n) is 1.20. The number of esters is 1. The van der Waals surface area contributed by atoms with Crippen molar-refractivity contribution < 1.29 is 9.53 Å². The van der Waals surface area contributed by atoms with Crippen LogP contribution in [0.1, 0.15) is 18.3 Å². The molecule has 0 bridgehead atoms. The molecular formula is C10H15NO2. The Labute approximate surface area is 78.3 Å². The van der Waals surface area contributed by atoms with Gasteiger partial charge in [0.25, 0.3) is 0 Å². The van der Waals surface area contributed by atoms with Crippen LogP contribution in [0.4, 0.5) is 0 Å². The van der Waals surface area contributed by atoms with Crippen LogP contribution in [0, 0.1) is 6.92 Å². The lowest BCUT2D eigenvalue weighted by molar-refractivity contribution is -0.142. The molecule has 1 aromatic heterocycles. The molecule has 72 valence electrons. The minimum atomic E-state index is -0.163. The molecular weight excluding hydrogens is 166 g/mol. The normalized spacial score (nSPS) is 10.1. The fraction of sp³-hybridized carbons (Fsp3) is 0.500. The maximum absolute atomic E-state index is 11.1. The molecule has 13 heavy (non-hydrogen) atoms. The number of hydrogen-bond acceptors (Lipinski definition) is 2. The highest BCUT2D eigenvalue weighted by atomic mass is 16.5. The average molecular weight is 181 g/mol. The molecule has 0 saturated carbocycles. The van der Waals surface area contributed by atoms with E-state index in [9.17, 15) is 4.79 Å². The zero-order valence-corrected chi connectivity index (χ0v) is 8.33. The standard InChI is InChI=1S/C10H15NO2/c1-4-13-10(12)7-9-6-5-8(2)11(9)3/h5-6H,4,7H2,1-3H3. The fourth-order valence-corrected chi connectivity index (χ4v) is 1.20. The van der Waals surface area contributed by atoms with Gasteiger partial charge in [-0.15, -0.1) is 0 Å². The summed E-state index contributed by atoms with van der Waals surface area (Å²) in [5, 5.41) is 0. The van der Waals surface area contributed by atoms with Gasteiger partial charge >= 0.3 is 5.97 Å². The van der Waals surface area contributed by atoms with Crippen molar-refractivity contribution in [2.45, 2.75) is 20.3 Å². The van der Waals surface area contributed by atoms with Crippen molar-refractivity contribution in [3.05, 3.63) is 23.5 Å². The molecule has 0 unspecified atom stereocenters. The van der Waals surface area contributed by atoms with E-state index in [1.165, 1.54) is 0 Å². The van der Waals surface area contributed by atoms with Crippen LogP contribution < -0.4 is 0 Å². The topological polar surface area (TPSA) is 31.2 Å². The van der Waals surface area contributed by atoms with Crippen LogP contribution in [0.15, 0.2) is 12.1 Å². The predicted molar refractivity (Wildman–Crippen MR) is 50.5 cm³/mol. The third-order valence-corrected chi connectivity index (χ3v) is 2.11. The summed E-state index contributed by atoms with van der Waals surface area (Å²) in [6.45, 7) is 4.27. The Bertz CT molecular complexity index is 302. The Morgan fingerprint density at radius 1 is 1.54 bits per heavy atom. The monoisotopic (exact) mass is 181 g/mol. The molecule has 1 heterocycles. The zero-order chi connectivity index (χ0) is 9.84. The summed E-state index contributed by atoms with van der Waals surface area (Å²) in [4.78, 5) is 11.1. The van der Waals surface area contributed by atoms with Crippen LogP contribution in [-0.2, 0) is 23.0 Å². The van der Waals surface area contributed by atoms with Gasteiger partial charge in [-0.3, -0.25) is 4.79 Å². The van der Waals surface area contributed by atoms with Crippen molar-refractivity contribution in [1.29, 1.82) is 0 Å². The molecule has 3 nitrogen and oxygen atoms in total. The second kappa shape index (κ2) is 4.12. The van der Waals surface area contributed by atoms with Gasteiger partial charge in [0.15, 0.2) is 0 Å². The van der Waals surface area contributed by atoms with Gasteiger partial charge < -0.3 is 9.30 Å². The molecule has 0 aliphatic rings. The van der Waals surface area contributed by atoms with Gasteiger partial charge in [0.2, 0.25) is 0 Å². The Morgan fingerprint density at radius 3 is 2.69 bits per heavy atom. The first-order valence-electron chi connectivity index (χ1n) is 4.42. The number of nitrogens with zero attached hydrogens (tertiary/aromatic N) is 1. The van der Waals surface area contributed by atoms with Crippen molar-refractivity contribution in [1.82, 2.24) is 4.57 Å². The van der Waals surface area contributed by atoms with E-state index < -0.39 is 0 Å². The number of aryl methyl sites for hydroxylation is 1. The molecule has 0 aromatic carbocycles. The molecule has 0 saturated heterocycles. The Kier molecular flexibility index (Phi) is 3.12. The molecule has 1 aromatic rings. The summed E-state index contributed by atoms with van der Waals surface area (Å²) in [7, 11) is 1.95. The van der Waals surface area contributed by atoms with Crippen molar-refractivity contribution in [3.63, 3.8) is 0 Å². The molecule has 0 spiro atoms. The van der Waals surface area contributed by atoms with Gasteiger partial charge in [0, 0.05) is 18.4 Å². The van der Waals surface area contributed by atoms with Crippen LogP contribution in [-0.4, -0.2) is 17.1 Å². The van der Waals surface area contributed by atoms with E-state index >= 15 is 0 Å². The van der Waals surface area contributed by atoms with E-state index in [-0.39, 0.29) is 5.97 Å². The summed E-state index contributed by atoms with van der Waals surface area (Å²) < 4.78 is 6.85. The number of aromatic nitrogens is 1. The SMILES string of the molecule is CCOC(=O)Cc1ccc(C)n1C. The van der Waals surface area contributed by atoms with Crippen LogP contribution >= 0.6 is 0 Å². The van der Waals surface area contributed by atoms with E-state index in [4.69, 9.17) is 4.74 Å². The smallest absolute Gasteiger partial charge is 0.311 e. The summed E-state index contributed by atoms with van der Waals surface area (Å²) in [6, 6.07) is 3.95. The van der Waals surface area contributed by atoms with Gasteiger partial charge in [-0.1, -0.05) is 0 Å². The van der Waals surface area contributed by atoms with Gasteiger partial charge in [-0.2, -0.15) is 0 Å². The minimum Gasteiger partial charge on any atom is -0.466 e. The number of ether oxygens (including phenoxy) is 1. The minimum absolute atomic E-state index is 0.163. The Morgan fingerprint density at radius 2 is 2.23 bits per heavy atom. The van der Waals surface area contributed by atoms with E-state index in [0.717, 1.165) is 11.4 Å². The molecule has 0 aliphatic carbocycles. The van der Waals surface area contributed by atoms with Gasteiger partial charge in [-0.25, -0.2) is 0 Å². The molecule has 0 radical (unpaired) electrons. The third-order valence-electron chi connectivity index (χ3n) is 2.11. The number of hydrogen-bond donors (Lipinski definition) is 0. The van der Waals surface area contributed by atoms with Gasteiger partial charge in [0.05, 0.1) is 13.0 Å². The molecule has 0 fully saturated rings. The first-order chi connectivity index (χ1) is 6.15. The van der Waals surface area contributed by atoms with E-state index in [2.05, 4.69) is 0 Å². The Balaban J connectivity index is 2.64. The predicted octanol–water partition coefficient (Wildman–Crippen LogP) is 1.44. The second-order valence-corrected chi connectivity index (χ2v) is 3.01. The zero-order valence-electron chi connectivity index (χ0n) is 8.33. The second-order valence-electron chi connectivity index (χ2n) is 3.01. The number of rotatable bonds is 3. The van der Waals surface area contributed by atoms with Gasteiger partial charge in [0.1, 0.15) is 0 Å². The molecule has 0 aliphatic heterocycles. The quantitative estimate of drug-likeness (QED) is 0.661. The number of carbonyl (C=O) groups excluding carboxylic acids is 1. The lowest BCUT2D eigenvalue weighted by atomic mass is 10.3. The summed E-state index contributed by atoms with van der Waals surface area (Å²) >= 11 is 0. The summed E-state index contributed by atoms with van der Waals surface area (Å²) in [6.07, 6.45) is 0.359. The van der Waals surface area contributed by atoms with Crippen molar-refractivity contribution in [2.24, 2.45) is 7.05 Å². The van der Waals surface area contributed by atoms with E-state index in [1.807, 2.05) is 37.6 Å². The Hall–Kier alpha value is -1.25. The largest absolute Gasteiger partial charge is 0.466 e. The van der Waals surface area contributed by atoms with Crippen molar-refractivity contribution in [3.8, 4) is 0 Å². The molecule has 0 amide bonds. The molecule has 0 N–H and O–H groups in total. The highest BCUT2D eigenvalue weighted by molar-refractivity contribution is 5.72. The maximum Gasteiger partial charge on any atom is 0.311 e. The lowest BCUT2D eigenvalue weighted by Gasteiger charge is -2.04. The highest BCUT2D eigenvalue weighted by Crippen LogP contribution is 2.06. The number of carbonyl (C=O) groups is 1. The average Bonchev–Trinajstić information content (AvgIpc) is 2.37. The van der Waals surface area contributed by atoms with Gasteiger partial charge in [-0.05, 0) is 26.0 Å². The maximum atomic E-state index is 11.1.